The highest BCUT2D eigenvalue weighted by molar-refractivity contribution is 5.96. The fourth-order valence-electron chi connectivity index (χ4n) is 4.15. The van der Waals surface area contributed by atoms with Gasteiger partial charge in [0.2, 0.25) is 0 Å². The normalized spacial score (nSPS) is 19.5. The van der Waals surface area contributed by atoms with Crippen LogP contribution in [-0.2, 0) is 17.8 Å². The fourth-order valence-corrected chi connectivity index (χ4v) is 4.15. The summed E-state index contributed by atoms with van der Waals surface area (Å²) in [5.74, 6) is 0.498. The van der Waals surface area contributed by atoms with Crippen LogP contribution in [-0.4, -0.2) is 43.2 Å². The van der Waals surface area contributed by atoms with E-state index in [0.29, 0.717) is 24.5 Å². The Kier molecular flexibility index (Phi) is 7.38. The Hall–Kier alpha value is -2.37. The van der Waals surface area contributed by atoms with Crippen molar-refractivity contribution in [1.82, 2.24) is 10.2 Å². The molecule has 160 valence electrons. The van der Waals surface area contributed by atoms with Gasteiger partial charge in [0, 0.05) is 19.7 Å². The number of amides is 1. The minimum atomic E-state index is -0.115. The van der Waals surface area contributed by atoms with Crippen LogP contribution in [0.4, 0.5) is 0 Å². The second kappa shape index (κ2) is 10.6. The molecular formula is C25H32N2O3. The molecule has 1 unspecified atom stereocenters. The number of carbonyl (C=O) groups is 1. The molecule has 1 amide bonds. The smallest absolute Gasteiger partial charge is 0.255 e. The first-order valence-electron chi connectivity index (χ1n) is 11.2. The van der Waals surface area contributed by atoms with E-state index in [2.05, 4.69) is 34.5 Å². The predicted octanol–water partition coefficient (Wildman–Crippen LogP) is 4.16. The summed E-state index contributed by atoms with van der Waals surface area (Å²) < 4.78 is 11.5. The van der Waals surface area contributed by atoms with Crippen molar-refractivity contribution < 1.29 is 14.3 Å². The molecule has 0 aliphatic carbocycles. The van der Waals surface area contributed by atoms with E-state index >= 15 is 0 Å². The van der Waals surface area contributed by atoms with Crippen LogP contribution in [0, 0.1) is 0 Å². The van der Waals surface area contributed by atoms with Crippen molar-refractivity contribution in [2.24, 2.45) is 0 Å². The van der Waals surface area contributed by atoms with Crippen LogP contribution in [0.25, 0.3) is 0 Å². The van der Waals surface area contributed by atoms with Crippen molar-refractivity contribution in [3.05, 3.63) is 65.2 Å². The second-order valence-electron chi connectivity index (χ2n) is 8.28. The summed E-state index contributed by atoms with van der Waals surface area (Å²) in [5, 5.41) is 3.02. The lowest BCUT2D eigenvalue weighted by atomic mass is 10.1. The molecule has 0 aromatic heterocycles. The highest BCUT2D eigenvalue weighted by Gasteiger charge is 2.18. The van der Waals surface area contributed by atoms with Crippen molar-refractivity contribution >= 4 is 5.91 Å². The van der Waals surface area contributed by atoms with Gasteiger partial charge < -0.3 is 14.8 Å². The van der Waals surface area contributed by atoms with E-state index in [4.69, 9.17) is 9.47 Å². The van der Waals surface area contributed by atoms with Crippen LogP contribution in [0.15, 0.2) is 48.5 Å². The van der Waals surface area contributed by atoms with Crippen LogP contribution < -0.4 is 10.1 Å². The van der Waals surface area contributed by atoms with E-state index in [1.807, 2.05) is 24.3 Å². The number of para-hydroxylation sites is 1. The van der Waals surface area contributed by atoms with Gasteiger partial charge in [-0.05, 0) is 62.0 Å². The van der Waals surface area contributed by atoms with Gasteiger partial charge in [0.15, 0.2) is 0 Å². The quantitative estimate of drug-likeness (QED) is 0.713. The Morgan fingerprint density at radius 2 is 1.77 bits per heavy atom. The zero-order valence-electron chi connectivity index (χ0n) is 17.6. The Bertz CT molecular complexity index is 809. The highest BCUT2D eigenvalue weighted by Crippen LogP contribution is 2.21. The van der Waals surface area contributed by atoms with E-state index in [1.54, 1.807) is 0 Å². The second-order valence-corrected chi connectivity index (χ2v) is 8.28. The molecule has 0 spiro atoms. The number of piperidine rings is 1. The lowest BCUT2D eigenvalue weighted by Gasteiger charge is -2.26. The van der Waals surface area contributed by atoms with Crippen LogP contribution >= 0.6 is 0 Å². The number of ether oxygens (including phenoxy) is 2. The molecule has 2 aromatic carbocycles. The summed E-state index contributed by atoms with van der Waals surface area (Å²) in [5.41, 5.74) is 3.00. The molecule has 5 heteroatoms. The van der Waals surface area contributed by atoms with Crippen LogP contribution in [0.5, 0.6) is 5.75 Å². The third-order valence-electron chi connectivity index (χ3n) is 5.91. The van der Waals surface area contributed by atoms with Gasteiger partial charge in [-0.3, -0.25) is 9.69 Å². The SMILES string of the molecule is O=C(NCc1ccc(CN2CCCCC2)cc1)c1ccccc1OCC1CCCO1. The number of hydrogen-bond acceptors (Lipinski definition) is 4. The highest BCUT2D eigenvalue weighted by atomic mass is 16.5. The fraction of sp³-hybridized carbons (Fsp3) is 0.480. The lowest BCUT2D eigenvalue weighted by molar-refractivity contribution is 0.0670. The number of carbonyl (C=O) groups excluding carboxylic acids is 1. The van der Waals surface area contributed by atoms with Gasteiger partial charge in [-0.15, -0.1) is 0 Å². The van der Waals surface area contributed by atoms with Gasteiger partial charge in [0.1, 0.15) is 12.4 Å². The molecule has 5 nitrogen and oxygen atoms in total. The molecule has 2 aliphatic heterocycles. The van der Waals surface area contributed by atoms with Crippen LogP contribution in [0.3, 0.4) is 0 Å². The Morgan fingerprint density at radius 1 is 1.00 bits per heavy atom. The molecule has 2 aromatic rings. The molecule has 30 heavy (non-hydrogen) atoms. The van der Waals surface area contributed by atoms with Crippen molar-refractivity contribution in [2.45, 2.75) is 51.3 Å². The number of likely N-dealkylation sites (tertiary alicyclic amines) is 1. The Balaban J connectivity index is 1.28. The van der Waals surface area contributed by atoms with Gasteiger partial charge in [0.05, 0.1) is 11.7 Å². The number of nitrogens with one attached hydrogen (secondary N) is 1. The number of hydrogen-bond donors (Lipinski definition) is 1. The molecule has 0 radical (unpaired) electrons. The zero-order chi connectivity index (χ0) is 20.6. The van der Waals surface area contributed by atoms with Gasteiger partial charge in [-0.25, -0.2) is 0 Å². The molecule has 2 fully saturated rings. The Morgan fingerprint density at radius 3 is 2.53 bits per heavy atom. The van der Waals surface area contributed by atoms with Crippen molar-refractivity contribution in [2.75, 3.05) is 26.3 Å². The van der Waals surface area contributed by atoms with Crippen LogP contribution in [0.2, 0.25) is 0 Å². The average Bonchev–Trinajstić information content (AvgIpc) is 3.32. The number of nitrogens with zero attached hydrogens (tertiary/aromatic N) is 1. The molecule has 2 saturated heterocycles. The third-order valence-corrected chi connectivity index (χ3v) is 5.91. The first kappa shape index (κ1) is 20.9. The largest absolute Gasteiger partial charge is 0.490 e. The molecule has 0 bridgehead atoms. The number of rotatable bonds is 8. The minimum Gasteiger partial charge on any atom is -0.490 e. The van der Waals surface area contributed by atoms with E-state index in [0.717, 1.165) is 31.6 Å². The standard InChI is InChI=1S/C25H32N2O3/c28-25(23-8-2-3-9-24(23)30-19-22-7-6-16-29-22)26-17-20-10-12-21(13-11-20)18-27-14-4-1-5-15-27/h2-3,8-13,22H,1,4-7,14-19H2,(H,26,28). The molecule has 2 heterocycles. The summed E-state index contributed by atoms with van der Waals surface area (Å²) in [7, 11) is 0. The summed E-state index contributed by atoms with van der Waals surface area (Å²) in [6.07, 6.45) is 6.20. The number of benzene rings is 2. The molecule has 4 rings (SSSR count). The van der Waals surface area contributed by atoms with E-state index in [9.17, 15) is 4.79 Å². The summed E-state index contributed by atoms with van der Waals surface area (Å²) in [4.78, 5) is 15.3. The monoisotopic (exact) mass is 408 g/mol. The molecule has 0 saturated carbocycles. The summed E-state index contributed by atoms with van der Waals surface area (Å²) in [6, 6.07) is 16.0. The van der Waals surface area contributed by atoms with Gasteiger partial charge >= 0.3 is 0 Å². The maximum absolute atomic E-state index is 12.7. The lowest BCUT2D eigenvalue weighted by Crippen LogP contribution is -2.29. The summed E-state index contributed by atoms with van der Waals surface area (Å²) in [6.45, 7) is 5.21. The van der Waals surface area contributed by atoms with Crippen molar-refractivity contribution in [3.8, 4) is 5.75 Å². The van der Waals surface area contributed by atoms with E-state index < -0.39 is 0 Å². The molecule has 2 aliphatic rings. The van der Waals surface area contributed by atoms with E-state index in [-0.39, 0.29) is 12.0 Å². The third kappa shape index (κ3) is 5.83. The average molecular weight is 409 g/mol. The first-order valence-corrected chi connectivity index (χ1v) is 11.2. The van der Waals surface area contributed by atoms with Crippen molar-refractivity contribution in [1.29, 1.82) is 0 Å². The summed E-state index contributed by atoms with van der Waals surface area (Å²) >= 11 is 0. The first-order chi connectivity index (χ1) is 14.8. The van der Waals surface area contributed by atoms with Gasteiger partial charge in [0.25, 0.3) is 5.91 Å². The Labute approximate surface area is 179 Å². The van der Waals surface area contributed by atoms with Gasteiger partial charge in [-0.2, -0.15) is 0 Å². The maximum Gasteiger partial charge on any atom is 0.255 e. The van der Waals surface area contributed by atoms with Crippen molar-refractivity contribution in [3.63, 3.8) is 0 Å². The predicted molar refractivity (Wildman–Crippen MR) is 118 cm³/mol. The molecular weight excluding hydrogens is 376 g/mol. The topological polar surface area (TPSA) is 50.8 Å². The van der Waals surface area contributed by atoms with E-state index in [1.165, 1.54) is 37.9 Å². The molecule has 1 atom stereocenters. The molecule has 1 N–H and O–H groups in total. The maximum atomic E-state index is 12.7. The minimum absolute atomic E-state index is 0.115. The zero-order valence-corrected chi connectivity index (χ0v) is 17.6. The van der Waals surface area contributed by atoms with Crippen LogP contribution in [0.1, 0.15) is 53.6 Å². The van der Waals surface area contributed by atoms with Gasteiger partial charge in [-0.1, -0.05) is 42.8 Å².